The summed E-state index contributed by atoms with van der Waals surface area (Å²) in [5.41, 5.74) is -0.752. The largest absolute Gasteiger partial charge is 0.481 e. The predicted molar refractivity (Wildman–Crippen MR) is 78.7 cm³/mol. The Morgan fingerprint density at radius 3 is 2.35 bits per heavy atom. The molecule has 0 bridgehead atoms. The van der Waals surface area contributed by atoms with Gasteiger partial charge in [-0.3, -0.25) is 4.79 Å². The molecule has 1 fully saturated rings. The van der Waals surface area contributed by atoms with E-state index in [4.69, 9.17) is 0 Å². The second-order valence-electron chi connectivity index (χ2n) is 5.82. The van der Waals surface area contributed by atoms with Crippen LogP contribution in [-0.2, 0) is 4.79 Å². The monoisotopic (exact) mass is 284 g/mol. The Kier molecular flexibility index (Phi) is 7.41. The summed E-state index contributed by atoms with van der Waals surface area (Å²) in [6.07, 6.45) is 8.76. The van der Waals surface area contributed by atoms with Gasteiger partial charge in [-0.15, -0.1) is 0 Å². The molecule has 3 N–H and O–H groups in total. The van der Waals surface area contributed by atoms with Crippen LogP contribution in [0.25, 0.3) is 0 Å². The van der Waals surface area contributed by atoms with E-state index in [0.717, 1.165) is 32.1 Å². The summed E-state index contributed by atoms with van der Waals surface area (Å²) in [4.78, 5) is 23.1. The smallest absolute Gasteiger partial charge is 0.314 e. The van der Waals surface area contributed by atoms with Crippen LogP contribution in [-0.4, -0.2) is 30.2 Å². The zero-order chi connectivity index (χ0) is 14.8. The molecular formula is C15H28N2O3. The van der Waals surface area contributed by atoms with Crippen LogP contribution >= 0.6 is 0 Å². The summed E-state index contributed by atoms with van der Waals surface area (Å²) < 4.78 is 0. The molecule has 0 atom stereocenters. The van der Waals surface area contributed by atoms with Gasteiger partial charge in [0.25, 0.3) is 0 Å². The number of aliphatic carboxylic acids is 1. The van der Waals surface area contributed by atoms with Crippen LogP contribution in [0.15, 0.2) is 0 Å². The van der Waals surface area contributed by atoms with Gasteiger partial charge in [0.05, 0.1) is 5.41 Å². The zero-order valence-corrected chi connectivity index (χ0v) is 12.5. The molecule has 5 nitrogen and oxygen atoms in total. The minimum Gasteiger partial charge on any atom is -0.481 e. The van der Waals surface area contributed by atoms with E-state index in [1.807, 2.05) is 0 Å². The third-order valence-electron chi connectivity index (χ3n) is 4.17. The lowest BCUT2D eigenvalue weighted by Crippen LogP contribution is -2.47. The Morgan fingerprint density at radius 2 is 1.75 bits per heavy atom. The van der Waals surface area contributed by atoms with E-state index in [0.29, 0.717) is 19.4 Å². The highest BCUT2D eigenvalue weighted by atomic mass is 16.4. The lowest BCUT2D eigenvalue weighted by molar-refractivity contribution is -0.150. The fourth-order valence-electron chi connectivity index (χ4n) is 2.76. The number of amides is 2. The number of rotatable bonds is 8. The number of carbonyl (C=O) groups excluding carboxylic acids is 1. The van der Waals surface area contributed by atoms with Crippen LogP contribution in [0.5, 0.6) is 0 Å². The van der Waals surface area contributed by atoms with Gasteiger partial charge in [-0.05, 0) is 19.3 Å². The van der Waals surface area contributed by atoms with Crippen molar-refractivity contribution < 1.29 is 14.7 Å². The third kappa shape index (κ3) is 5.39. The van der Waals surface area contributed by atoms with Gasteiger partial charge in [0.1, 0.15) is 0 Å². The average Bonchev–Trinajstić information content (AvgIpc) is 2.46. The first-order chi connectivity index (χ1) is 9.60. The van der Waals surface area contributed by atoms with Crippen molar-refractivity contribution in [1.29, 1.82) is 0 Å². The van der Waals surface area contributed by atoms with Crippen LogP contribution in [0.1, 0.15) is 64.7 Å². The molecule has 0 aromatic rings. The fraction of sp³-hybridized carbons (Fsp3) is 0.867. The minimum atomic E-state index is -0.777. The van der Waals surface area contributed by atoms with Gasteiger partial charge in [0.15, 0.2) is 0 Å². The molecule has 5 heteroatoms. The van der Waals surface area contributed by atoms with Crippen molar-refractivity contribution in [2.45, 2.75) is 64.7 Å². The summed E-state index contributed by atoms with van der Waals surface area (Å²) in [6, 6.07) is -0.243. The molecule has 1 saturated carbocycles. The molecule has 0 heterocycles. The van der Waals surface area contributed by atoms with Crippen LogP contribution in [0.2, 0.25) is 0 Å². The number of carboxylic acids is 1. The second-order valence-corrected chi connectivity index (χ2v) is 5.82. The number of hydrogen-bond donors (Lipinski definition) is 3. The number of nitrogens with one attached hydrogen (secondary N) is 2. The fourth-order valence-corrected chi connectivity index (χ4v) is 2.76. The Morgan fingerprint density at radius 1 is 1.05 bits per heavy atom. The minimum absolute atomic E-state index is 0.239. The Balaban J connectivity index is 2.25. The van der Waals surface area contributed by atoms with Gasteiger partial charge in [0, 0.05) is 13.1 Å². The Labute approximate surface area is 121 Å². The standard InChI is InChI=1S/C15H28N2O3/c1-2-3-4-8-11-16-14(20)17-12-15(13(18)19)9-6-5-7-10-15/h2-12H2,1H3,(H,18,19)(H2,16,17,20). The summed E-state index contributed by atoms with van der Waals surface area (Å²) >= 11 is 0. The van der Waals surface area contributed by atoms with Gasteiger partial charge >= 0.3 is 12.0 Å². The molecule has 2 amide bonds. The molecule has 0 spiro atoms. The number of urea groups is 1. The van der Waals surface area contributed by atoms with Crippen LogP contribution in [0.3, 0.4) is 0 Å². The van der Waals surface area contributed by atoms with Crippen molar-refractivity contribution >= 4 is 12.0 Å². The molecule has 0 aliphatic heterocycles. The molecule has 0 unspecified atom stereocenters. The summed E-state index contributed by atoms with van der Waals surface area (Å²) in [5.74, 6) is -0.777. The lowest BCUT2D eigenvalue weighted by Gasteiger charge is -2.33. The molecule has 1 aliphatic rings. The molecule has 20 heavy (non-hydrogen) atoms. The molecule has 116 valence electrons. The highest BCUT2D eigenvalue weighted by molar-refractivity contribution is 5.78. The highest BCUT2D eigenvalue weighted by Crippen LogP contribution is 2.35. The third-order valence-corrected chi connectivity index (χ3v) is 4.17. The van der Waals surface area contributed by atoms with E-state index in [9.17, 15) is 14.7 Å². The van der Waals surface area contributed by atoms with Crippen LogP contribution in [0, 0.1) is 5.41 Å². The van der Waals surface area contributed by atoms with Gasteiger partial charge in [-0.2, -0.15) is 0 Å². The average molecular weight is 284 g/mol. The summed E-state index contributed by atoms with van der Waals surface area (Å²) in [5, 5.41) is 14.9. The molecule has 0 radical (unpaired) electrons. The van der Waals surface area contributed by atoms with Crippen molar-refractivity contribution in [2.24, 2.45) is 5.41 Å². The molecule has 1 aliphatic carbocycles. The first-order valence-electron chi connectivity index (χ1n) is 7.86. The molecule has 0 saturated heterocycles. The Bertz CT molecular complexity index is 312. The van der Waals surface area contributed by atoms with Crippen LogP contribution in [0.4, 0.5) is 4.79 Å². The first-order valence-corrected chi connectivity index (χ1v) is 7.86. The quantitative estimate of drug-likeness (QED) is 0.600. The maximum Gasteiger partial charge on any atom is 0.314 e. The van der Waals surface area contributed by atoms with Gasteiger partial charge < -0.3 is 15.7 Å². The SMILES string of the molecule is CCCCCCNC(=O)NCC1(C(=O)O)CCCCC1. The maximum absolute atomic E-state index is 11.7. The van der Waals surface area contributed by atoms with E-state index in [-0.39, 0.29) is 12.6 Å². The predicted octanol–water partition coefficient (Wildman–Crippen LogP) is 2.90. The number of unbranched alkanes of at least 4 members (excludes halogenated alkanes) is 3. The van der Waals surface area contributed by atoms with Crippen molar-refractivity contribution in [2.75, 3.05) is 13.1 Å². The van der Waals surface area contributed by atoms with E-state index < -0.39 is 11.4 Å². The summed E-state index contributed by atoms with van der Waals surface area (Å²) in [6.45, 7) is 3.05. The molecule has 1 rings (SSSR count). The maximum atomic E-state index is 11.7. The number of hydrogen-bond acceptors (Lipinski definition) is 2. The Hall–Kier alpha value is -1.26. The second kappa shape index (κ2) is 8.82. The van der Waals surface area contributed by atoms with Crippen LogP contribution < -0.4 is 10.6 Å². The molecule has 0 aromatic carbocycles. The number of carboxylic acid groups (broad SMARTS) is 1. The summed E-state index contributed by atoms with van der Waals surface area (Å²) in [7, 11) is 0. The zero-order valence-electron chi connectivity index (χ0n) is 12.5. The van der Waals surface area contributed by atoms with E-state index >= 15 is 0 Å². The number of carbonyl (C=O) groups is 2. The van der Waals surface area contributed by atoms with Gasteiger partial charge in [-0.1, -0.05) is 45.4 Å². The van der Waals surface area contributed by atoms with E-state index in [1.54, 1.807) is 0 Å². The molecule has 0 aromatic heterocycles. The van der Waals surface area contributed by atoms with Crippen molar-refractivity contribution in [3.8, 4) is 0 Å². The van der Waals surface area contributed by atoms with E-state index in [1.165, 1.54) is 12.8 Å². The topological polar surface area (TPSA) is 78.4 Å². The van der Waals surface area contributed by atoms with Crippen molar-refractivity contribution in [3.63, 3.8) is 0 Å². The molecular weight excluding hydrogens is 256 g/mol. The van der Waals surface area contributed by atoms with Gasteiger partial charge in [-0.25, -0.2) is 4.79 Å². The van der Waals surface area contributed by atoms with Crippen molar-refractivity contribution in [1.82, 2.24) is 10.6 Å². The highest BCUT2D eigenvalue weighted by Gasteiger charge is 2.39. The van der Waals surface area contributed by atoms with Crippen molar-refractivity contribution in [3.05, 3.63) is 0 Å². The van der Waals surface area contributed by atoms with E-state index in [2.05, 4.69) is 17.6 Å². The lowest BCUT2D eigenvalue weighted by atomic mass is 9.74. The van der Waals surface area contributed by atoms with Gasteiger partial charge in [0.2, 0.25) is 0 Å². The first kappa shape index (κ1) is 16.8. The normalized spacial score (nSPS) is 17.4.